The molecule has 1 aromatic carbocycles. The van der Waals surface area contributed by atoms with Gasteiger partial charge in [-0.15, -0.1) is 0 Å². The smallest absolute Gasteiger partial charge is 0.335 e. The van der Waals surface area contributed by atoms with E-state index in [4.69, 9.17) is 4.42 Å². The van der Waals surface area contributed by atoms with Crippen LogP contribution < -0.4 is 0 Å². The second-order valence-electron chi connectivity index (χ2n) is 9.77. The number of furan rings is 1. The summed E-state index contributed by atoms with van der Waals surface area (Å²) in [4.78, 5) is 29.6. The molecule has 0 atom stereocenters. The van der Waals surface area contributed by atoms with Gasteiger partial charge in [-0.25, -0.2) is 4.79 Å². The molecule has 7 heteroatoms. The number of fused-ring (bicyclic) bond motifs is 1. The minimum absolute atomic E-state index is 0.0767. The molecule has 1 aliphatic heterocycles. The van der Waals surface area contributed by atoms with E-state index < -0.39 is 5.97 Å². The summed E-state index contributed by atoms with van der Waals surface area (Å²) in [6.45, 7) is 3.51. The van der Waals surface area contributed by atoms with Crippen molar-refractivity contribution in [3.8, 4) is 11.3 Å². The van der Waals surface area contributed by atoms with E-state index in [0.29, 0.717) is 12.5 Å². The maximum absolute atomic E-state index is 13.5. The number of carboxylic acids is 1. The second kappa shape index (κ2) is 9.66. The highest BCUT2D eigenvalue weighted by Gasteiger charge is 2.29. The van der Waals surface area contributed by atoms with Gasteiger partial charge in [0.15, 0.2) is 0 Å². The van der Waals surface area contributed by atoms with Crippen LogP contribution in [0.15, 0.2) is 41.2 Å². The van der Waals surface area contributed by atoms with Crippen molar-refractivity contribution in [2.45, 2.75) is 51.0 Å². The van der Waals surface area contributed by atoms with Crippen LogP contribution in [0.5, 0.6) is 0 Å². The van der Waals surface area contributed by atoms with Crippen molar-refractivity contribution in [1.29, 1.82) is 0 Å². The van der Waals surface area contributed by atoms with E-state index in [9.17, 15) is 14.7 Å². The molecule has 180 valence electrons. The predicted molar refractivity (Wildman–Crippen MR) is 131 cm³/mol. The van der Waals surface area contributed by atoms with Crippen LogP contribution in [0.2, 0.25) is 0 Å². The number of carbonyl (C=O) groups excluding carboxylic acids is 1. The minimum Gasteiger partial charge on any atom is -0.478 e. The summed E-state index contributed by atoms with van der Waals surface area (Å²) in [5, 5.41) is 10.7. The molecule has 2 fully saturated rings. The van der Waals surface area contributed by atoms with Gasteiger partial charge in [-0.1, -0.05) is 25.3 Å². The van der Waals surface area contributed by atoms with Crippen molar-refractivity contribution in [1.82, 2.24) is 14.4 Å². The molecule has 1 saturated carbocycles. The summed E-state index contributed by atoms with van der Waals surface area (Å²) in [5.41, 5.74) is 4.23. The Morgan fingerprint density at radius 1 is 1.03 bits per heavy atom. The normalized spacial score (nSPS) is 18.3. The third-order valence-electron chi connectivity index (χ3n) is 7.52. The molecule has 2 aromatic heterocycles. The highest BCUT2D eigenvalue weighted by Crippen LogP contribution is 2.44. The van der Waals surface area contributed by atoms with Gasteiger partial charge in [0.25, 0.3) is 0 Å². The van der Waals surface area contributed by atoms with Crippen LogP contribution in [0.3, 0.4) is 0 Å². The first-order valence-electron chi connectivity index (χ1n) is 12.4. The fourth-order valence-corrected chi connectivity index (χ4v) is 5.72. The number of aromatic nitrogens is 1. The van der Waals surface area contributed by atoms with Crippen LogP contribution in [0, 0.1) is 0 Å². The SMILES string of the molecule is CN1CCCN(C(=O)Cn2c(-c3ccoc3)c(C3CCCCC3)c3ccc(C(=O)O)cc32)CC1. The third kappa shape index (κ3) is 4.37. The monoisotopic (exact) mass is 463 g/mol. The molecule has 5 rings (SSSR count). The number of likely N-dealkylation sites (N-methyl/N-ethyl adjacent to an activating group) is 1. The first-order chi connectivity index (χ1) is 16.5. The molecule has 1 aliphatic carbocycles. The Bertz CT molecular complexity index is 1170. The number of carboxylic acid groups (broad SMARTS) is 1. The Morgan fingerprint density at radius 2 is 1.85 bits per heavy atom. The van der Waals surface area contributed by atoms with Gasteiger partial charge < -0.3 is 23.9 Å². The van der Waals surface area contributed by atoms with Crippen LogP contribution >= 0.6 is 0 Å². The zero-order valence-electron chi connectivity index (χ0n) is 19.8. The van der Waals surface area contributed by atoms with Crippen LogP contribution in [0.1, 0.15) is 60.4 Å². The van der Waals surface area contributed by atoms with Crippen LogP contribution in [-0.2, 0) is 11.3 Å². The molecule has 0 unspecified atom stereocenters. The predicted octanol–water partition coefficient (Wildman–Crippen LogP) is 4.81. The first kappa shape index (κ1) is 22.7. The topological polar surface area (TPSA) is 78.9 Å². The fourth-order valence-electron chi connectivity index (χ4n) is 5.72. The summed E-state index contributed by atoms with van der Waals surface area (Å²) in [6, 6.07) is 7.30. The lowest BCUT2D eigenvalue weighted by Gasteiger charge is -2.24. The number of aromatic carboxylic acids is 1. The maximum Gasteiger partial charge on any atom is 0.335 e. The number of rotatable bonds is 5. The number of benzene rings is 1. The Kier molecular flexibility index (Phi) is 6.46. The molecular formula is C27H33N3O4. The molecular weight excluding hydrogens is 430 g/mol. The zero-order chi connectivity index (χ0) is 23.7. The zero-order valence-corrected chi connectivity index (χ0v) is 19.8. The lowest BCUT2D eigenvalue weighted by molar-refractivity contribution is -0.131. The van der Waals surface area contributed by atoms with Gasteiger partial charge in [-0.05, 0) is 62.5 Å². The van der Waals surface area contributed by atoms with Crippen molar-refractivity contribution in [3.63, 3.8) is 0 Å². The molecule has 0 spiro atoms. The molecule has 0 bridgehead atoms. The van der Waals surface area contributed by atoms with Crippen molar-refractivity contribution >= 4 is 22.8 Å². The van der Waals surface area contributed by atoms with Crippen LogP contribution in [-0.4, -0.2) is 64.6 Å². The van der Waals surface area contributed by atoms with E-state index in [0.717, 1.165) is 61.1 Å². The molecule has 1 N–H and O–H groups in total. The minimum atomic E-state index is -0.958. The van der Waals surface area contributed by atoms with Crippen LogP contribution in [0.4, 0.5) is 0 Å². The average Bonchev–Trinajstić information content (AvgIpc) is 3.41. The van der Waals surface area contributed by atoms with Crippen molar-refractivity contribution in [3.05, 3.63) is 47.9 Å². The van der Waals surface area contributed by atoms with Crippen molar-refractivity contribution in [2.75, 3.05) is 33.2 Å². The highest BCUT2D eigenvalue weighted by atomic mass is 16.4. The number of hydrogen-bond donors (Lipinski definition) is 1. The third-order valence-corrected chi connectivity index (χ3v) is 7.52. The van der Waals surface area contributed by atoms with Gasteiger partial charge in [0.05, 0.1) is 29.3 Å². The second-order valence-corrected chi connectivity index (χ2v) is 9.77. The molecule has 1 amide bonds. The summed E-state index contributed by atoms with van der Waals surface area (Å²) in [7, 11) is 2.09. The molecule has 2 aliphatic rings. The summed E-state index contributed by atoms with van der Waals surface area (Å²) < 4.78 is 7.51. The largest absolute Gasteiger partial charge is 0.478 e. The maximum atomic E-state index is 13.5. The lowest BCUT2D eigenvalue weighted by Crippen LogP contribution is -2.36. The van der Waals surface area contributed by atoms with E-state index in [-0.39, 0.29) is 18.0 Å². The van der Waals surface area contributed by atoms with Crippen LogP contribution in [0.25, 0.3) is 22.2 Å². The summed E-state index contributed by atoms with van der Waals surface area (Å²) >= 11 is 0. The van der Waals surface area contributed by atoms with E-state index in [2.05, 4.69) is 11.9 Å². The van der Waals surface area contributed by atoms with Gasteiger partial charge in [0.2, 0.25) is 5.91 Å². The first-order valence-corrected chi connectivity index (χ1v) is 12.4. The van der Waals surface area contributed by atoms with Crippen molar-refractivity contribution in [2.24, 2.45) is 0 Å². The Balaban J connectivity index is 1.65. The van der Waals surface area contributed by atoms with Gasteiger partial charge in [0, 0.05) is 30.6 Å². The van der Waals surface area contributed by atoms with E-state index in [1.165, 1.54) is 24.8 Å². The summed E-state index contributed by atoms with van der Waals surface area (Å²) in [6.07, 6.45) is 10.2. The highest BCUT2D eigenvalue weighted by molar-refractivity contribution is 5.99. The Morgan fingerprint density at radius 3 is 2.59 bits per heavy atom. The quantitative estimate of drug-likeness (QED) is 0.587. The van der Waals surface area contributed by atoms with Crippen molar-refractivity contribution < 1.29 is 19.1 Å². The molecule has 0 radical (unpaired) electrons. The molecule has 7 nitrogen and oxygen atoms in total. The van der Waals surface area contributed by atoms with E-state index in [1.54, 1.807) is 24.7 Å². The van der Waals surface area contributed by atoms with E-state index in [1.807, 2.05) is 21.6 Å². The standard InChI is InChI=1S/C27H33N3O4/c1-28-11-5-12-29(14-13-28)24(31)17-30-23-16-20(27(32)33)8-9-22(23)25(19-6-3-2-4-7-19)26(30)21-10-15-34-18-21/h8-10,15-16,18-19H,2-7,11-14,17H2,1H3,(H,32,33). The molecule has 3 aromatic rings. The molecule has 1 saturated heterocycles. The fraction of sp³-hybridized carbons (Fsp3) is 0.481. The van der Waals surface area contributed by atoms with Gasteiger partial charge in [0.1, 0.15) is 6.54 Å². The number of carbonyl (C=O) groups is 2. The Hall–Kier alpha value is -3.06. The Labute approximate surface area is 199 Å². The van der Waals surface area contributed by atoms with E-state index >= 15 is 0 Å². The number of nitrogens with zero attached hydrogens (tertiary/aromatic N) is 3. The molecule has 3 heterocycles. The van der Waals surface area contributed by atoms with Gasteiger partial charge in [-0.2, -0.15) is 0 Å². The lowest BCUT2D eigenvalue weighted by atomic mass is 9.82. The number of amides is 1. The number of hydrogen-bond acceptors (Lipinski definition) is 4. The average molecular weight is 464 g/mol. The van der Waals surface area contributed by atoms with Gasteiger partial charge >= 0.3 is 5.97 Å². The summed E-state index contributed by atoms with van der Waals surface area (Å²) in [5.74, 6) is -0.492. The molecule has 34 heavy (non-hydrogen) atoms. The van der Waals surface area contributed by atoms with Gasteiger partial charge in [-0.3, -0.25) is 4.79 Å².